The fraction of sp³-hybridized carbons (Fsp3) is 0. The minimum absolute atomic E-state index is 0.263. The first-order valence-corrected chi connectivity index (χ1v) is 6.81. The molecule has 0 unspecified atom stereocenters. The summed E-state index contributed by atoms with van der Waals surface area (Å²) in [6.07, 6.45) is 0. The lowest BCUT2D eigenvalue weighted by Gasteiger charge is -1.97. The highest BCUT2D eigenvalue weighted by molar-refractivity contribution is 7.10. The van der Waals surface area contributed by atoms with E-state index in [4.69, 9.17) is 11.6 Å². The van der Waals surface area contributed by atoms with Gasteiger partial charge in [0.1, 0.15) is 5.01 Å². The molecule has 0 aliphatic rings. The van der Waals surface area contributed by atoms with E-state index in [1.807, 2.05) is 42.5 Å². The van der Waals surface area contributed by atoms with Gasteiger partial charge in [0.2, 0.25) is 0 Å². The molecule has 5 heteroatoms. The lowest BCUT2D eigenvalue weighted by Crippen LogP contribution is -2.12. The highest BCUT2D eigenvalue weighted by Crippen LogP contribution is 2.23. The molecule has 2 aromatic carbocycles. The summed E-state index contributed by atoms with van der Waals surface area (Å²) in [6, 6.07) is 16.7. The molecule has 3 aromatic rings. The number of benzene rings is 2. The molecular formula is C14H9ClN2OS. The summed E-state index contributed by atoms with van der Waals surface area (Å²) in [7, 11) is 0. The number of halogens is 1. The average Bonchev–Trinajstić information content (AvgIpc) is 2.83. The Labute approximate surface area is 118 Å². The van der Waals surface area contributed by atoms with Gasteiger partial charge in [-0.1, -0.05) is 41.9 Å². The molecule has 0 N–H and O–H groups in total. The van der Waals surface area contributed by atoms with Crippen LogP contribution >= 0.6 is 23.1 Å². The summed E-state index contributed by atoms with van der Waals surface area (Å²) in [5, 5.41) is 1.35. The number of nitrogens with zero attached hydrogens (tertiary/aromatic N) is 2. The Hall–Kier alpha value is -1.91. The summed E-state index contributed by atoms with van der Waals surface area (Å²) in [5.41, 5.74) is 1.45. The summed E-state index contributed by atoms with van der Waals surface area (Å²) in [5.74, 6) is 0. The summed E-state index contributed by atoms with van der Waals surface area (Å²) in [6.45, 7) is 0. The van der Waals surface area contributed by atoms with Crippen LogP contribution in [-0.4, -0.2) is 8.94 Å². The number of aromatic nitrogens is 2. The van der Waals surface area contributed by atoms with Gasteiger partial charge in [0.15, 0.2) is 0 Å². The number of hydrogen-bond donors (Lipinski definition) is 0. The van der Waals surface area contributed by atoms with Crippen molar-refractivity contribution >= 4 is 23.1 Å². The first-order valence-electron chi connectivity index (χ1n) is 5.66. The lowest BCUT2D eigenvalue weighted by atomic mass is 10.2. The van der Waals surface area contributed by atoms with Gasteiger partial charge in [-0.05, 0) is 35.8 Å². The largest absolute Gasteiger partial charge is 0.363 e. The maximum absolute atomic E-state index is 11.9. The van der Waals surface area contributed by atoms with Crippen LogP contribution < -0.4 is 5.69 Å². The molecule has 19 heavy (non-hydrogen) atoms. The molecule has 1 aromatic heterocycles. The van der Waals surface area contributed by atoms with Crippen LogP contribution in [0.15, 0.2) is 59.4 Å². The minimum atomic E-state index is -0.263. The summed E-state index contributed by atoms with van der Waals surface area (Å²) >= 11 is 7.17. The quantitative estimate of drug-likeness (QED) is 0.722. The first-order chi connectivity index (χ1) is 9.24. The Morgan fingerprint density at radius 3 is 2.37 bits per heavy atom. The van der Waals surface area contributed by atoms with Gasteiger partial charge in [-0.3, -0.25) is 0 Å². The molecular weight excluding hydrogens is 280 g/mol. The first kappa shape index (κ1) is 12.1. The third-order valence-electron chi connectivity index (χ3n) is 2.63. The molecule has 0 saturated heterocycles. The second-order valence-electron chi connectivity index (χ2n) is 3.93. The number of rotatable bonds is 2. The van der Waals surface area contributed by atoms with Gasteiger partial charge < -0.3 is 0 Å². The van der Waals surface area contributed by atoms with Crippen molar-refractivity contribution in [3.05, 3.63) is 70.1 Å². The summed E-state index contributed by atoms with van der Waals surface area (Å²) in [4.78, 5) is 16.0. The van der Waals surface area contributed by atoms with Crippen molar-refractivity contribution in [1.82, 2.24) is 8.94 Å². The smallest absolute Gasteiger partial charge is 0.244 e. The van der Waals surface area contributed by atoms with Crippen molar-refractivity contribution in [2.75, 3.05) is 0 Å². The van der Waals surface area contributed by atoms with E-state index >= 15 is 0 Å². The van der Waals surface area contributed by atoms with E-state index in [0.29, 0.717) is 10.0 Å². The van der Waals surface area contributed by atoms with Crippen molar-refractivity contribution in [3.63, 3.8) is 0 Å². The van der Waals surface area contributed by atoms with E-state index in [1.54, 1.807) is 16.1 Å². The third-order valence-corrected chi connectivity index (χ3v) is 3.93. The fourth-order valence-electron chi connectivity index (χ4n) is 1.71. The highest BCUT2D eigenvalue weighted by Gasteiger charge is 2.09. The predicted molar refractivity (Wildman–Crippen MR) is 78.2 cm³/mol. The van der Waals surface area contributed by atoms with Gasteiger partial charge in [-0.2, -0.15) is 4.98 Å². The molecule has 0 fully saturated rings. The van der Waals surface area contributed by atoms with Gasteiger partial charge in [-0.25, -0.2) is 8.75 Å². The van der Waals surface area contributed by atoms with Gasteiger partial charge >= 0.3 is 5.69 Å². The summed E-state index contributed by atoms with van der Waals surface area (Å²) < 4.78 is 1.57. The molecule has 3 rings (SSSR count). The van der Waals surface area contributed by atoms with Gasteiger partial charge in [-0.15, -0.1) is 0 Å². The van der Waals surface area contributed by atoms with E-state index in [0.717, 1.165) is 11.3 Å². The van der Waals surface area contributed by atoms with Crippen LogP contribution in [-0.2, 0) is 0 Å². The Kier molecular flexibility index (Phi) is 3.19. The normalized spacial score (nSPS) is 10.6. The molecule has 1 heterocycles. The second kappa shape index (κ2) is 4.99. The van der Waals surface area contributed by atoms with Gasteiger partial charge in [0.25, 0.3) is 0 Å². The number of hydrogen-bond acceptors (Lipinski definition) is 3. The van der Waals surface area contributed by atoms with E-state index in [1.165, 1.54) is 11.5 Å². The molecule has 3 nitrogen and oxygen atoms in total. The molecule has 0 bridgehead atoms. The fourth-order valence-corrected chi connectivity index (χ4v) is 2.72. The van der Waals surface area contributed by atoms with Crippen LogP contribution in [0.3, 0.4) is 0 Å². The Morgan fingerprint density at radius 2 is 1.68 bits per heavy atom. The zero-order valence-electron chi connectivity index (χ0n) is 9.79. The molecule has 0 aliphatic carbocycles. The van der Waals surface area contributed by atoms with Crippen LogP contribution in [0.5, 0.6) is 0 Å². The average molecular weight is 289 g/mol. The molecule has 0 amide bonds. The molecule has 0 spiro atoms. The standard InChI is InChI=1S/C14H9ClN2OS/c15-11-8-6-10(7-9-11)13-16-14(18)17(19-13)12-4-2-1-3-5-12/h1-9H. The van der Waals surface area contributed by atoms with Crippen molar-refractivity contribution in [1.29, 1.82) is 0 Å². The molecule has 0 atom stereocenters. The van der Waals surface area contributed by atoms with Crippen molar-refractivity contribution in [2.24, 2.45) is 0 Å². The highest BCUT2D eigenvalue weighted by atomic mass is 35.5. The topological polar surface area (TPSA) is 34.9 Å². The molecule has 0 saturated carbocycles. The van der Waals surface area contributed by atoms with E-state index < -0.39 is 0 Å². The Morgan fingerprint density at radius 1 is 1.00 bits per heavy atom. The van der Waals surface area contributed by atoms with Crippen LogP contribution in [0.1, 0.15) is 0 Å². The predicted octanol–water partition coefficient (Wildman–Crippen LogP) is 3.61. The Balaban J connectivity index is 2.07. The van der Waals surface area contributed by atoms with Crippen LogP contribution in [0.25, 0.3) is 16.3 Å². The lowest BCUT2D eigenvalue weighted by molar-refractivity contribution is 1.05. The SMILES string of the molecule is O=c1nc(-c2ccc(Cl)cc2)sn1-c1ccccc1. The van der Waals surface area contributed by atoms with Crippen LogP contribution in [0.2, 0.25) is 5.02 Å². The van der Waals surface area contributed by atoms with Gasteiger partial charge in [0, 0.05) is 10.6 Å². The molecule has 94 valence electrons. The third kappa shape index (κ3) is 2.45. The minimum Gasteiger partial charge on any atom is -0.244 e. The van der Waals surface area contributed by atoms with Crippen LogP contribution in [0.4, 0.5) is 0 Å². The Bertz CT molecular complexity index is 747. The van der Waals surface area contributed by atoms with Crippen molar-refractivity contribution in [2.45, 2.75) is 0 Å². The molecule has 0 radical (unpaired) electrons. The maximum atomic E-state index is 11.9. The zero-order chi connectivity index (χ0) is 13.2. The maximum Gasteiger partial charge on any atom is 0.363 e. The van der Waals surface area contributed by atoms with Crippen molar-refractivity contribution < 1.29 is 0 Å². The zero-order valence-corrected chi connectivity index (χ0v) is 11.4. The van der Waals surface area contributed by atoms with Crippen LogP contribution in [0, 0.1) is 0 Å². The van der Waals surface area contributed by atoms with Crippen molar-refractivity contribution in [3.8, 4) is 16.3 Å². The van der Waals surface area contributed by atoms with E-state index in [2.05, 4.69) is 4.98 Å². The number of para-hydroxylation sites is 1. The van der Waals surface area contributed by atoms with E-state index in [9.17, 15) is 4.79 Å². The van der Waals surface area contributed by atoms with Gasteiger partial charge in [0.05, 0.1) is 5.69 Å². The second-order valence-corrected chi connectivity index (χ2v) is 5.30. The monoisotopic (exact) mass is 288 g/mol. The molecule has 0 aliphatic heterocycles. The van der Waals surface area contributed by atoms with E-state index in [-0.39, 0.29) is 5.69 Å².